The summed E-state index contributed by atoms with van der Waals surface area (Å²) in [4.78, 5) is 11.2. The SMILES string of the molecule is Cc1cc(C(C)n2cncc2-c2cccnc2N)c(C)s1. The van der Waals surface area contributed by atoms with Crippen molar-refractivity contribution >= 4 is 17.2 Å². The highest BCUT2D eigenvalue weighted by Gasteiger charge is 2.17. The molecule has 3 aromatic rings. The summed E-state index contributed by atoms with van der Waals surface area (Å²) in [6.07, 6.45) is 5.41. The average Bonchev–Trinajstić information content (AvgIpc) is 3.05. The fourth-order valence-corrected chi connectivity index (χ4v) is 3.69. The number of thiophene rings is 1. The Hall–Kier alpha value is -2.14. The molecule has 3 aromatic heterocycles. The van der Waals surface area contributed by atoms with Gasteiger partial charge in [0, 0.05) is 21.5 Å². The molecule has 0 saturated carbocycles. The van der Waals surface area contributed by atoms with Crippen molar-refractivity contribution in [1.82, 2.24) is 14.5 Å². The summed E-state index contributed by atoms with van der Waals surface area (Å²) in [5, 5.41) is 0. The fourth-order valence-electron chi connectivity index (χ4n) is 2.67. The molecule has 2 N–H and O–H groups in total. The molecule has 0 amide bonds. The molecular formula is C16H18N4S. The molecule has 0 aliphatic rings. The van der Waals surface area contributed by atoms with Crippen molar-refractivity contribution in [1.29, 1.82) is 0 Å². The monoisotopic (exact) mass is 298 g/mol. The van der Waals surface area contributed by atoms with Crippen LogP contribution in [0.25, 0.3) is 11.3 Å². The number of nitrogen functional groups attached to an aromatic ring is 1. The zero-order valence-electron chi connectivity index (χ0n) is 12.4. The summed E-state index contributed by atoms with van der Waals surface area (Å²) in [6.45, 7) is 6.49. The van der Waals surface area contributed by atoms with Gasteiger partial charge < -0.3 is 10.3 Å². The number of pyridine rings is 1. The second-order valence-electron chi connectivity index (χ2n) is 5.17. The Morgan fingerprint density at radius 2 is 2.14 bits per heavy atom. The van der Waals surface area contributed by atoms with E-state index in [0.717, 1.165) is 11.3 Å². The van der Waals surface area contributed by atoms with Crippen molar-refractivity contribution in [2.45, 2.75) is 26.8 Å². The van der Waals surface area contributed by atoms with Gasteiger partial charge in [0.1, 0.15) is 5.82 Å². The zero-order chi connectivity index (χ0) is 15.0. The second-order valence-corrected chi connectivity index (χ2v) is 6.63. The van der Waals surface area contributed by atoms with Gasteiger partial charge in [-0.2, -0.15) is 0 Å². The van der Waals surface area contributed by atoms with Crippen LogP contribution in [0.1, 0.15) is 28.3 Å². The van der Waals surface area contributed by atoms with E-state index < -0.39 is 0 Å². The lowest BCUT2D eigenvalue weighted by Crippen LogP contribution is -2.08. The molecular weight excluding hydrogens is 280 g/mol. The number of hydrogen-bond acceptors (Lipinski definition) is 4. The van der Waals surface area contributed by atoms with E-state index in [4.69, 9.17) is 5.73 Å². The van der Waals surface area contributed by atoms with E-state index in [1.165, 1.54) is 15.3 Å². The van der Waals surface area contributed by atoms with Crippen molar-refractivity contribution in [3.05, 3.63) is 52.2 Å². The highest BCUT2D eigenvalue weighted by molar-refractivity contribution is 7.12. The van der Waals surface area contributed by atoms with E-state index in [2.05, 4.69) is 41.4 Å². The molecule has 4 nitrogen and oxygen atoms in total. The van der Waals surface area contributed by atoms with Crippen molar-refractivity contribution in [3.63, 3.8) is 0 Å². The molecule has 0 bridgehead atoms. The zero-order valence-corrected chi connectivity index (χ0v) is 13.2. The predicted molar refractivity (Wildman–Crippen MR) is 87.5 cm³/mol. The van der Waals surface area contributed by atoms with Gasteiger partial charge in [-0.05, 0) is 44.5 Å². The van der Waals surface area contributed by atoms with E-state index >= 15 is 0 Å². The minimum absolute atomic E-state index is 0.215. The molecule has 3 rings (SSSR count). The van der Waals surface area contributed by atoms with Gasteiger partial charge in [-0.15, -0.1) is 11.3 Å². The van der Waals surface area contributed by atoms with Crippen LogP contribution < -0.4 is 5.73 Å². The third-order valence-electron chi connectivity index (χ3n) is 3.73. The third-order valence-corrected chi connectivity index (χ3v) is 4.71. The maximum Gasteiger partial charge on any atom is 0.132 e. The smallest absolute Gasteiger partial charge is 0.132 e. The van der Waals surface area contributed by atoms with Gasteiger partial charge in [0.15, 0.2) is 0 Å². The molecule has 0 spiro atoms. The molecule has 1 unspecified atom stereocenters. The van der Waals surface area contributed by atoms with Crippen LogP contribution in [0.5, 0.6) is 0 Å². The van der Waals surface area contributed by atoms with Crippen LogP contribution in [-0.2, 0) is 0 Å². The summed E-state index contributed by atoms with van der Waals surface area (Å²) in [6, 6.07) is 6.34. The molecule has 3 heterocycles. The molecule has 108 valence electrons. The normalized spacial score (nSPS) is 12.5. The van der Waals surface area contributed by atoms with E-state index in [1.807, 2.05) is 36.0 Å². The summed E-state index contributed by atoms with van der Waals surface area (Å²) < 4.78 is 2.15. The number of anilines is 1. The number of nitrogens with zero attached hydrogens (tertiary/aromatic N) is 3. The first-order valence-corrected chi connectivity index (χ1v) is 7.69. The van der Waals surface area contributed by atoms with Gasteiger partial charge in [-0.3, -0.25) is 0 Å². The number of aromatic nitrogens is 3. The third kappa shape index (κ3) is 2.45. The Morgan fingerprint density at radius 1 is 1.33 bits per heavy atom. The maximum atomic E-state index is 6.00. The number of nitrogens with two attached hydrogens (primary N) is 1. The van der Waals surface area contributed by atoms with E-state index in [9.17, 15) is 0 Å². The average molecular weight is 298 g/mol. The number of hydrogen-bond donors (Lipinski definition) is 1. The van der Waals surface area contributed by atoms with Crippen LogP contribution in [0.4, 0.5) is 5.82 Å². The summed E-state index contributed by atoms with van der Waals surface area (Å²) in [5.74, 6) is 0.532. The van der Waals surface area contributed by atoms with Crippen molar-refractivity contribution in [2.75, 3.05) is 5.73 Å². The topological polar surface area (TPSA) is 56.7 Å². The Kier molecular flexibility index (Phi) is 3.51. The van der Waals surface area contributed by atoms with Gasteiger partial charge in [-0.1, -0.05) is 0 Å². The van der Waals surface area contributed by atoms with Crippen LogP contribution in [0, 0.1) is 13.8 Å². The lowest BCUT2D eigenvalue weighted by atomic mass is 10.1. The van der Waals surface area contributed by atoms with Crippen LogP contribution in [0.15, 0.2) is 36.9 Å². The van der Waals surface area contributed by atoms with Crippen LogP contribution >= 0.6 is 11.3 Å². The van der Waals surface area contributed by atoms with E-state index in [0.29, 0.717) is 5.82 Å². The van der Waals surface area contributed by atoms with Gasteiger partial charge >= 0.3 is 0 Å². The first kappa shape index (κ1) is 13.8. The summed E-state index contributed by atoms with van der Waals surface area (Å²) >= 11 is 1.83. The molecule has 0 fully saturated rings. The highest BCUT2D eigenvalue weighted by Crippen LogP contribution is 2.32. The summed E-state index contributed by atoms with van der Waals surface area (Å²) in [5.41, 5.74) is 9.26. The predicted octanol–water partition coefficient (Wildman–Crippen LogP) is 3.81. The Balaban J connectivity index is 2.07. The van der Waals surface area contributed by atoms with Crippen LogP contribution in [0.3, 0.4) is 0 Å². The van der Waals surface area contributed by atoms with Gasteiger partial charge in [0.2, 0.25) is 0 Å². The number of imidazole rings is 1. The standard InChI is InChI=1S/C16H18N4S/c1-10-7-14(12(3)21-10)11(2)20-9-18-8-15(20)13-5-4-6-19-16(13)17/h4-9,11H,1-3H3,(H2,17,19). The van der Waals surface area contributed by atoms with Crippen molar-refractivity contribution in [2.24, 2.45) is 0 Å². The summed E-state index contributed by atoms with van der Waals surface area (Å²) in [7, 11) is 0. The fraction of sp³-hybridized carbons (Fsp3) is 0.250. The highest BCUT2D eigenvalue weighted by atomic mass is 32.1. The van der Waals surface area contributed by atoms with E-state index in [1.54, 1.807) is 6.20 Å². The van der Waals surface area contributed by atoms with E-state index in [-0.39, 0.29) is 6.04 Å². The molecule has 0 saturated heterocycles. The minimum Gasteiger partial charge on any atom is -0.383 e. The molecule has 0 aromatic carbocycles. The molecule has 5 heteroatoms. The van der Waals surface area contributed by atoms with Crippen LogP contribution in [-0.4, -0.2) is 14.5 Å². The molecule has 0 aliphatic carbocycles. The first-order valence-electron chi connectivity index (χ1n) is 6.87. The Labute approximate surface area is 128 Å². The lowest BCUT2D eigenvalue weighted by Gasteiger charge is -2.17. The first-order chi connectivity index (χ1) is 10.1. The number of rotatable bonds is 3. The maximum absolute atomic E-state index is 6.00. The van der Waals surface area contributed by atoms with Crippen molar-refractivity contribution < 1.29 is 0 Å². The second kappa shape index (κ2) is 5.33. The molecule has 21 heavy (non-hydrogen) atoms. The van der Waals surface area contributed by atoms with Gasteiger partial charge in [0.25, 0.3) is 0 Å². The number of aryl methyl sites for hydroxylation is 2. The minimum atomic E-state index is 0.215. The molecule has 0 aliphatic heterocycles. The van der Waals surface area contributed by atoms with Crippen LogP contribution in [0.2, 0.25) is 0 Å². The molecule has 1 atom stereocenters. The molecule has 0 radical (unpaired) electrons. The Bertz CT molecular complexity index is 772. The van der Waals surface area contributed by atoms with Crippen molar-refractivity contribution in [3.8, 4) is 11.3 Å². The van der Waals surface area contributed by atoms with Gasteiger partial charge in [-0.25, -0.2) is 9.97 Å². The largest absolute Gasteiger partial charge is 0.383 e. The Morgan fingerprint density at radius 3 is 2.81 bits per heavy atom. The lowest BCUT2D eigenvalue weighted by molar-refractivity contribution is 0.643. The van der Waals surface area contributed by atoms with Gasteiger partial charge in [0.05, 0.1) is 24.3 Å². The quantitative estimate of drug-likeness (QED) is 0.800.